The monoisotopic (exact) mass is 334 g/mol. The number of nitrogen functional groups attached to an aromatic ring is 1. The van der Waals surface area contributed by atoms with Crippen LogP contribution in [0.25, 0.3) is 0 Å². The van der Waals surface area contributed by atoms with Gasteiger partial charge in [-0.25, -0.2) is 12.7 Å². The van der Waals surface area contributed by atoms with Gasteiger partial charge in [-0.2, -0.15) is 0 Å². The SMILES string of the molecule is CCCCN(C)S(=O)(=O)c1cc(N)c(Br)cc1C. The smallest absolute Gasteiger partial charge is 0.243 e. The van der Waals surface area contributed by atoms with E-state index >= 15 is 0 Å². The molecular formula is C12H19BrN2O2S. The molecule has 0 radical (unpaired) electrons. The maximum Gasteiger partial charge on any atom is 0.243 e. The van der Waals surface area contributed by atoms with Crippen LogP contribution in [0, 0.1) is 6.92 Å². The van der Waals surface area contributed by atoms with Crippen molar-refractivity contribution in [1.29, 1.82) is 0 Å². The average molecular weight is 335 g/mol. The lowest BCUT2D eigenvalue weighted by Gasteiger charge is -2.18. The molecule has 0 bridgehead atoms. The minimum atomic E-state index is -3.45. The first-order valence-corrected chi connectivity index (χ1v) is 8.06. The van der Waals surface area contributed by atoms with E-state index in [1.807, 2.05) is 6.92 Å². The molecule has 0 atom stereocenters. The first-order valence-electron chi connectivity index (χ1n) is 5.82. The molecule has 0 unspecified atom stereocenters. The molecule has 1 rings (SSSR count). The van der Waals surface area contributed by atoms with Gasteiger partial charge in [0.05, 0.1) is 4.90 Å². The van der Waals surface area contributed by atoms with E-state index in [1.165, 1.54) is 10.4 Å². The normalized spacial score (nSPS) is 12.1. The first-order chi connectivity index (χ1) is 8.30. The maximum absolute atomic E-state index is 12.4. The first kappa shape index (κ1) is 15.5. The van der Waals surface area contributed by atoms with E-state index < -0.39 is 10.0 Å². The molecule has 0 spiro atoms. The second kappa shape index (κ2) is 6.04. The summed E-state index contributed by atoms with van der Waals surface area (Å²) in [5.41, 5.74) is 6.88. The van der Waals surface area contributed by atoms with E-state index in [1.54, 1.807) is 20.0 Å². The van der Waals surface area contributed by atoms with E-state index in [0.717, 1.165) is 17.3 Å². The van der Waals surface area contributed by atoms with Gasteiger partial charge in [0.15, 0.2) is 0 Å². The van der Waals surface area contributed by atoms with Crippen LogP contribution in [0.2, 0.25) is 0 Å². The summed E-state index contributed by atoms with van der Waals surface area (Å²) in [5, 5.41) is 0. The Morgan fingerprint density at radius 2 is 2.00 bits per heavy atom. The van der Waals surface area contributed by atoms with Gasteiger partial charge < -0.3 is 5.73 Å². The molecule has 6 heteroatoms. The number of rotatable bonds is 5. The van der Waals surface area contributed by atoms with Crippen LogP contribution < -0.4 is 5.73 Å². The predicted octanol–water partition coefficient (Wildman–Crippen LogP) is 2.76. The fourth-order valence-electron chi connectivity index (χ4n) is 1.62. The Bertz CT molecular complexity index is 529. The van der Waals surface area contributed by atoms with Crippen molar-refractivity contribution in [3.05, 3.63) is 22.2 Å². The molecule has 0 saturated heterocycles. The van der Waals surface area contributed by atoms with Crippen LogP contribution in [-0.4, -0.2) is 26.3 Å². The molecule has 0 fully saturated rings. The van der Waals surface area contributed by atoms with Crippen LogP contribution in [-0.2, 0) is 10.0 Å². The second-order valence-corrected chi connectivity index (χ2v) is 7.19. The number of benzene rings is 1. The van der Waals surface area contributed by atoms with Crippen molar-refractivity contribution >= 4 is 31.6 Å². The van der Waals surface area contributed by atoms with Crippen molar-refractivity contribution in [3.63, 3.8) is 0 Å². The average Bonchev–Trinajstić information content (AvgIpc) is 2.30. The van der Waals surface area contributed by atoms with Crippen LogP contribution in [0.4, 0.5) is 5.69 Å². The van der Waals surface area contributed by atoms with Gasteiger partial charge in [0.25, 0.3) is 0 Å². The lowest BCUT2D eigenvalue weighted by molar-refractivity contribution is 0.459. The molecule has 0 heterocycles. The molecule has 0 aliphatic rings. The molecule has 2 N–H and O–H groups in total. The molecule has 1 aromatic carbocycles. The lowest BCUT2D eigenvalue weighted by Crippen LogP contribution is -2.28. The number of hydrogen-bond donors (Lipinski definition) is 1. The standard InChI is InChI=1S/C12H19BrN2O2S/c1-4-5-6-15(3)18(16,17)12-8-11(14)10(13)7-9(12)2/h7-8H,4-6,14H2,1-3H3. The minimum absolute atomic E-state index is 0.279. The van der Waals surface area contributed by atoms with Gasteiger partial charge in [0.1, 0.15) is 0 Å². The highest BCUT2D eigenvalue weighted by molar-refractivity contribution is 9.10. The Hall–Kier alpha value is -0.590. The van der Waals surface area contributed by atoms with E-state index in [4.69, 9.17) is 5.73 Å². The number of anilines is 1. The molecule has 0 aliphatic heterocycles. The zero-order valence-electron chi connectivity index (χ0n) is 10.9. The largest absolute Gasteiger partial charge is 0.398 e. The molecule has 1 aromatic rings. The third kappa shape index (κ3) is 3.24. The van der Waals surface area contributed by atoms with E-state index in [2.05, 4.69) is 15.9 Å². The number of nitrogens with zero attached hydrogens (tertiary/aromatic N) is 1. The predicted molar refractivity (Wildman–Crippen MR) is 78.0 cm³/mol. The Labute approximate surface area is 117 Å². The zero-order valence-corrected chi connectivity index (χ0v) is 13.3. The molecule has 4 nitrogen and oxygen atoms in total. The van der Waals surface area contributed by atoms with E-state index in [-0.39, 0.29) is 4.90 Å². The van der Waals surface area contributed by atoms with Crippen LogP contribution in [0.1, 0.15) is 25.3 Å². The van der Waals surface area contributed by atoms with E-state index in [9.17, 15) is 8.42 Å². The Morgan fingerprint density at radius 1 is 1.39 bits per heavy atom. The highest BCUT2D eigenvalue weighted by Crippen LogP contribution is 2.28. The topological polar surface area (TPSA) is 63.4 Å². The number of unbranched alkanes of at least 4 members (excludes halogenated alkanes) is 1. The summed E-state index contributed by atoms with van der Waals surface area (Å²) in [6, 6.07) is 3.24. The highest BCUT2D eigenvalue weighted by Gasteiger charge is 2.23. The number of aryl methyl sites for hydroxylation is 1. The Morgan fingerprint density at radius 3 is 2.56 bits per heavy atom. The van der Waals surface area contributed by atoms with Crippen molar-refractivity contribution in [1.82, 2.24) is 4.31 Å². The van der Waals surface area contributed by atoms with Crippen molar-refractivity contribution in [3.8, 4) is 0 Å². The fraction of sp³-hybridized carbons (Fsp3) is 0.500. The Kier molecular flexibility index (Phi) is 5.19. The molecule has 0 aliphatic carbocycles. The summed E-state index contributed by atoms with van der Waals surface area (Å²) in [6.07, 6.45) is 1.81. The summed E-state index contributed by atoms with van der Waals surface area (Å²) in [7, 11) is -1.85. The van der Waals surface area contributed by atoms with Gasteiger partial charge in [-0.1, -0.05) is 13.3 Å². The van der Waals surface area contributed by atoms with Crippen LogP contribution in [0.5, 0.6) is 0 Å². The molecule has 0 amide bonds. The number of nitrogens with two attached hydrogens (primary N) is 1. The van der Waals surface area contributed by atoms with Gasteiger partial charge in [-0.15, -0.1) is 0 Å². The summed E-state index contributed by atoms with van der Waals surface area (Å²) < 4.78 is 26.9. The molecular weight excluding hydrogens is 316 g/mol. The number of halogens is 1. The second-order valence-electron chi connectivity index (χ2n) is 4.32. The summed E-state index contributed by atoms with van der Waals surface area (Å²) in [4.78, 5) is 0.279. The fourth-order valence-corrected chi connectivity index (χ4v) is 3.52. The maximum atomic E-state index is 12.4. The van der Waals surface area contributed by atoms with Crippen molar-refractivity contribution in [2.24, 2.45) is 0 Å². The number of sulfonamides is 1. The third-order valence-electron chi connectivity index (χ3n) is 2.81. The minimum Gasteiger partial charge on any atom is -0.398 e. The van der Waals surface area contributed by atoms with Crippen LogP contribution in [0.3, 0.4) is 0 Å². The quantitative estimate of drug-likeness (QED) is 0.842. The molecule has 0 aromatic heterocycles. The molecule has 102 valence electrons. The molecule has 18 heavy (non-hydrogen) atoms. The van der Waals surface area contributed by atoms with Crippen molar-refractivity contribution in [2.45, 2.75) is 31.6 Å². The van der Waals surface area contributed by atoms with Crippen molar-refractivity contribution < 1.29 is 8.42 Å². The zero-order chi connectivity index (χ0) is 13.9. The van der Waals surface area contributed by atoms with Crippen LogP contribution in [0.15, 0.2) is 21.5 Å². The lowest BCUT2D eigenvalue weighted by atomic mass is 10.2. The Balaban J connectivity index is 3.16. The summed E-state index contributed by atoms with van der Waals surface area (Å²) in [6.45, 7) is 4.32. The van der Waals surface area contributed by atoms with Crippen molar-refractivity contribution in [2.75, 3.05) is 19.3 Å². The summed E-state index contributed by atoms with van der Waals surface area (Å²) in [5.74, 6) is 0. The van der Waals surface area contributed by atoms with Gasteiger partial charge >= 0.3 is 0 Å². The van der Waals surface area contributed by atoms with Gasteiger partial charge in [-0.05, 0) is 47.0 Å². The van der Waals surface area contributed by atoms with Gasteiger partial charge in [-0.3, -0.25) is 0 Å². The van der Waals surface area contributed by atoms with Crippen LogP contribution >= 0.6 is 15.9 Å². The molecule has 0 saturated carbocycles. The summed E-state index contributed by atoms with van der Waals surface area (Å²) >= 11 is 3.29. The third-order valence-corrected chi connectivity index (χ3v) is 5.49. The van der Waals surface area contributed by atoms with E-state index in [0.29, 0.717) is 17.8 Å². The van der Waals surface area contributed by atoms with Gasteiger partial charge in [0, 0.05) is 23.8 Å². The number of hydrogen-bond acceptors (Lipinski definition) is 3. The van der Waals surface area contributed by atoms with Gasteiger partial charge in [0.2, 0.25) is 10.0 Å². The highest BCUT2D eigenvalue weighted by atomic mass is 79.9.